The Bertz CT molecular complexity index is 619. The minimum atomic E-state index is -4.53. The lowest BCUT2D eigenvalue weighted by molar-refractivity contribution is -0.137. The second-order valence-electron chi connectivity index (χ2n) is 4.14. The molecule has 5 heteroatoms. The third-order valence-corrected chi connectivity index (χ3v) is 2.77. The first-order valence-corrected chi connectivity index (χ1v) is 5.78. The number of rotatable bonds is 3. The number of ketones is 1. The number of benzene rings is 2. The van der Waals surface area contributed by atoms with Crippen molar-refractivity contribution in [1.29, 1.82) is 0 Å². The van der Waals surface area contributed by atoms with Gasteiger partial charge in [0.25, 0.3) is 0 Å². The Morgan fingerprint density at radius 1 is 1.00 bits per heavy atom. The van der Waals surface area contributed by atoms with Crippen LogP contribution in [0.4, 0.5) is 13.2 Å². The van der Waals surface area contributed by atoms with Crippen LogP contribution in [0.1, 0.15) is 21.5 Å². The molecule has 0 aliphatic heterocycles. The summed E-state index contributed by atoms with van der Waals surface area (Å²) in [5.74, 6) is -0.478. The Balaban J connectivity index is 2.49. The van der Waals surface area contributed by atoms with Gasteiger partial charge in [-0.3, -0.25) is 4.79 Å². The maximum Gasteiger partial charge on any atom is 0.416 e. The number of methoxy groups -OCH3 is 1. The number of ether oxygens (including phenoxy) is 1. The third-order valence-electron chi connectivity index (χ3n) is 2.77. The zero-order valence-corrected chi connectivity index (χ0v) is 10.6. The molecule has 0 atom stereocenters. The fraction of sp³-hybridized carbons (Fsp3) is 0.133. The molecule has 0 unspecified atom stereocenters. The molecule has 0 heterocycles. The van der Waals surface area contributed by atoms with E-state index >= 15 is 0 Å². The van der Waals surface area contributed by atoms with Crippen LogP contribution in [-0.4, -0.2) is 12.9 Å². The number of carbonyl (C=O) groups excluding carboxylic acids is 1. The van der Waals surface area contributed by atoms with Gasteiger partial charge >= 0.3 is 6.18 Å². The molecule has 0 aromatic heterocycles. The van der Waals surface area contributed by atoms with Crippen molar-refractivity contribution in [3.05, 3.63) is 65.2 Å². The zero-order chi connectivity index (χ0) is 14.8. The maximum atomic E-state index is 12.8. The van der Waals surface area contributed by atoms with Crippen LogP contribution in [0.5, 0.6) is 5.75 Å². The smallest absolute Gasteiger partial charge is 0.416 e. The van der Waals surface area contributed by atoms with Gasteiger partial charge in [-0.1, -0.05) is 30.3 Å². The molecule has 2 nitrogen and oxygen atoms in total. The van der Waals surface area contributed by atoms with Crippen LogP contribution in [0.3, 0.4) is 0 Å². The van der Waals surface area contributed by atoms with Gasteiger partial charge in [-0.2, -0.15) is 13.2 Å². The highest BCUT2D eigenvalue weighted by Gasteiger charge is 2.32. The van der Waals surface area contributed by atoms with Crippen molar-refractivity contribution in [2.24, 2.45) is 0 Å². The van der Waals surface area contributed by atoms with Gasteiger partial charge in [-0.05, 0) is 18.2 Å². The summed E-state index contributed by atoms with van der Waals surface area (Å²) in [6.07, 6.45) is -4.53. The molecule has 0 radical (unpaired) electrons. The standard InChI is InChI=1S/C15H11F3O2/c1-20-13-8-11(7-12(9-13)15(16,17)18)14(19)10-5-3-2-4-6-10/h2-9H,1H3. The van der Waals surface area contributed by atoms with E-state index in [-0.39, 0.29) is 11.3 Å². The van der Waals surface area contributed by atoms with Gasteiger partial charge in [-0.25, -0.2) is 0 Å². The number of carbonyl (C=O) groups is 1. The summed E-state index contributed by atoms with van der Waals surface area (Å²) in [7, 11) is 1.26. The first-order chi connectivity index (χ1) is 9.41. The minimum absolute atomic E-state index is 0.000828. The van der Waals surface area contributed by atoms with Gasteiger partial charge < -0.3 is 4.74 Å². The molecule has 0 saturated carbocycles. The molecule has 0 amide bonds. The van der Waals surface area contributed by atoms with E-state index in [0.29, 0.717) is 5.56 Å². The Hall–Kier alpha value is -2.30. The van der Waals surface area contributed by atoms with Gasteiger partial charge in [0.05, 0.1) is 12.7 Å². The Morgan fingerprint density at radius 3 is 2.20 bits per heavy atom. The van der Waals surface area contributed by atoms with Crippen LogP contribution < -0.4 is 4.74 Å². The van der Waals surface area contributed by atoms with Gasteiger partial charge in [0.1, 0.15) is 5.75 Å². The van der Waals surface area contributed by atoms with Crippen molar-refractivity contribution in [2.75, 3.05) is 7.11 Å². The van der Waals surface area contributed by atoms with Crippen molar-refractivity contribution in [2.45, 2.75) is 6.18 Å². The average molecular weight is 280 g/mol. The second kappa shape index (κ2) is 5.36. The number of hydrogen-bond donors (Lipinski definition) is 0. The van der Waals surface area contributed by atoms with Gasteiger partial charge in [0.2, 0.25) is 0 Å². The number of hydrogen-bond acceptors (Lipinski definition) is 2. The van der Waals surface area contributed by atoms with E-state index in [2.05, 4.69) is 0 Å². The lowest BCUT2D eigenvalue weighted by Crippen LogP contribution is -2.09. The minimum Gasteiger partial charge on any atom is -0.497 e. The van der Waals surface area contributed by atoms with Crippen LogP contribution in [0.25, 0.3) is 0 Å². The molecular weight excluding hydrogens is 269 g/mol. The van der Waals surface area contributed by atoms with E-state index in [9.17, 15) is 18.0 Å². The normalized spacial score (nSPS) is 11.2. The second-order valence-corrected chi connectivity index (χ2v) is 4.14. The Labute approximate surface area is 113 Å². The molecule has 0 aliphatic rings. The summed E-state index contributed by atoms with van der Waals surface area (Å²) >= 11 is 0. The number of halogens is 3. The predicted molar refractivity (Wildman–Crippen MR) is 67.9 cm³/mol. The summed E-state index contributed by atoms with van der Waals surface area (Å²) in [6, 6.07) is 11.1. The molecule has 0 N–H and O–H groups in total. The first kappa shape index (κ1) is 14.1. The summed E-state index contributed by atoms with van der Waals surface area (Å²) in [5.41, 5.74) is -0.632. The summed E-state index contributed by atoms with van der Waals surface area (Å²) in [4.78, 5) is 12.2. The number of alkyl halides is 3. The average Bonchev–Trinajstić information content (AvgIpc) is 2.46. The van der Waals surface area contributed by atoms with Gasteiger partial charge in [0.15, 0.2) is 5.78 Å². The molecule has 0 aliphatic carbocycles. The molecule has 20 heavy (non-hydrogen) atoms. The van der Waals surface area contributed by atoms with E-state index in [1.54, 1.807) is 30.3 Å². The Morgan fingerprint density at radius 2 is 1.65 bits per heavy atom. The van der Waals surface area contributed by atoms with Crippen LogP contribution in [-0.2, 0) is 6.18 Å². The van der Waals surface area contributed by atoms with E-state index in [4.69, 9.17) is 4.74 Å². The Kier molecular flexibility index (Phi) is 3.79. The van der Waals surface area contributed by atoms with Crippen molar-refractivity contribution >= 4 is 5.78 Å². The van der Waals surface area contributed by atoms with E-state index in [1.807, 2.05) is 0 Å². The molecule has 0 fully saturated rings. The fourth-order valence-electron chi connectivity index (χ4n) is 1.77. The van der Waals surface area contributed by atoms with E-state index in [0.717, 1.165) is 12.1 Å². The summed E-state index contributed by atoms with van der Waals surface area (Å²) in [6.45, 7) is 0. The van der Waals surface area contributed by atoms with Crippen molar-refractivity contribution < 1.29 is 22.7 Å². The highest BCUT2D eigenvalue weighted by molar-refractivity contribution is 6.09. The molecule has 0 saturated heterocycles. The molecule has 0 spiro atoms. The molecule has 2 aromatic rings. The van der Waals surface area contributed by atoms with Crippen LogP contribution in [0.15, 0.2) is 48.5 Å². The fourth-order valence-corrected chi connectivity index (χ4v) is 1.77. The van der Waals surface area contributed by atoms with Crippen molar-refractivity contribution in [1.82, 2.24) is 0 Å². The highest BCUT2D eigenvalue weighted by Crippen LogP contribution is 2.33. The zero-order valence-electron chi connectivity index (χ0n) is 10.6. The molecule has 2 aromatic carbocycles. The maximum absolute atomic E-state index is 12.8. The molecule has 0 bridgehead atoms. The molecule has 104 valence electrons. The van der Waals surface area contributed by atoms with E-state index < -0.39 is 17.5 Å². The van der Waals surface area contributed by atoms with Gasteiger partial charge in [-0.15, -0.1) is 0 Å². The van der Waals surface area contributed by atoms with Crippen LogP contribution in [0, 0.1) is 0 Å². The predicted octanol–water partition coefficient (Wildman–Crippen LogP) is 3.95. The largest absolute Gasteiger partial charge is 0.497 e. The first-order valence-electron chi connectivity index (χ1n) is 5.78. The molecular formula is C15H11F3O2. The van der Waals surface area contributed by atoms with Crippen LogP contribution >= 0.6 is 0 Å². The van der Waals surface area contributed by atoms with Gasteiger partial charge in [0, 0.05) is 11.1 Å². The monoisotopic (exact) mass is 280 g/mol. The quantitative estimate of drug-likeness (QED) is 0.796. The van der Waals surface area contributed by atoms with E-state index in [1.165, 1.54) is 13.2 Å². The van der Waals surface area contributed by atoms with Crippen molar-refractivity contribution in [3.63, 3.8) is 0 Å². The lowest BCUT2D eigenvalue weighted by Gasteiger charge is -2.11. The summed E-state index contributed by atoms with van der Waals surface area (Å²) in [5, 5.41) is 0. The molecule has 2 rings (SSSR count). The SMILES string of the molecule is COc1cc(C(=O)c2ccccc2)cc(C(F)(F)F)c1. The lowest BCUT2D eigenvalue weighted by atomic mass is 10.0. The topological polar surface area (TPSA) is 26.3 Å². The highest BCUT2D eigenvalue weighted by atomic mass is 19.4. The van der Waals surface area contributed by atoms with Crippen LogP contribution in [0.2, 0.25) is 0 Å². The van der Waals surface area contributed by atoms with Crippen molar-refractivity contribution in [3.8, 4) is 5.75 Å². The summed E-state index contributed by atoms with van der Waals surface area (Å²) < 4.78 is 43.2. The third kappa shape index (κ3) is 2.99.